The first-order valence-electron chi connectivity index (χ1n) is 7.18. The maximum atomic E-state index is 11.9. The van der Waals surface area contributed by atoms with Crippen LogP contribution in [0.15, 0.2) is 0 Å². The van der Waals surface area contributed by atoms with Gasteiger partial charge in [-0.25, -0.2) is 14.4 Å². The van der Waals surface area contributed by atoms with Crippen LogP contribution in [0.25, 0.3) is 0 Å². The summed E-state index contributed by atoms with van der Waals surface area (Å²) in [5, 5.41) is 2.18. The summed E-state index contributed by atoms with van der Waals surface area (Å²) in [6, 6.07) is -1.24. The van der Waals surface area contributed by atoms with Gasteiger partial charge in [0.05, 0.1) is 20.3 Å². The SMILES string of the molecule is CCOC(=O)CC[C@H](NC(=O)OC)C(=O)OC(=O)OCC(C)C. The van der Waals surface area contributed by atoms with Gasteiger partial charge >= 0.3 is 24.2 Å². The number of hydrogen-bond donors (Lipinski definition) is 1. The molecule has 0 aromatic carbocycles. The number of rotatable bonds is 8. The predicted octanol–water partition coefficient (Wildman–Crippen LogP) is 1.39. The molecule has 0 aliphatic heterocycles. The molecule has 0 heterocycles. The van der Waals surface area contributed by atoms with Crippen LogP contribution < -0.4 is 5.32 Å². The average molecular weight is 333 g/mol. The zero-order valence-electron chi connectivity index (χ0n) is 13.7. The summed E-state index contributed by atoms with van der Waals surface area (Å²) in [4.78, 5) is 45.8. The van der Waals surface area contributed by atoms with E-state index in [2.05, 4.69) is 14.8 Å². The summed E-state index contributed by atoms with van der Waals surface area (Å²) in [6.07, 6.45) is -2.31. The standard InChI is InChI=1S/C14H23NO8/c1-5-21-11(16)7-6-10(15-13(18)20-4)12(17)23-14(19)22-8-9(2)3/h9-10H,5-8H2,1-4H3,(H,15,18)/t10-/m0/s1. The van der Waals surface area contributed by atoms with Crippen LogP contribution in [-0.2, 0) is 28.5 Å². The molecule has 1 atom stereocenters. The second kappa shape index (κ2) is 11.3. The van der Waals surface area contributed by atoms with E-state index >= 15 is 0 Å². The van der Waals surface area contributed by atoms with Gasteiger partial charge < -0.3 is 24.3 Å². The normalized spacial score (nSPS) is 11.3. The van der Waals surface area contributed by atoms with Gasteiger partial charge in [-0.05, 0) is 19.3 Å². The number of amides is 1. The van der Waals surface area contributed by atoms with Crippen molar-refractivity contribution in [2.75, 3.05) is 20.3 Å². The lowest BCUT2D eigenvalue weighted by atomic mass is 10.1. The number of alkyl carbamates (subject to hydrolysis) is 1. The predicted molar refractivity (Wildman–Crippen MR) is 77.5 cm³/mol. The summed E-state index contributed by atoms with van der Waals surface area (Å²) < 4.78 is 18.3. The van der Waals surface area contributed by atoms with Crippen LogP contribution in [0, 0.1) is 5.92 Å². The summed E-state index contributed by atoms with van der Waals surface area (Å²) in [6.45, 7) is 5.55. The van der Waals surface area contributed by atoms with Crippen LogP contribution in [0.5, 0.6) is 0 Å². The molecule has 0 bridgehead atoms. The minimum atomic E-state index is -1.24. The van der Waals surface area contributed by atoms with E-state index in [4.69, 9.17) is 9.47 Å². The van der Waals surface area contributed by atoms with E-state index in [0.29, 0.717) is 0 Å². The van der Waals surface area contributed by atoms with E-state index in [1.807, 2.05) is 13.8 Å². The van der Waals surface area contributed by atoms with Gasteiger partial charge in [-0.1, -0.05) is 13.8 Å². The highest BCUT2D eigenvalue weighted by atomic mass is 16.7. The maximum Gasteiger partial charge on any atom is 0.516 e. The molecule has 23 heavy (non-hydrogen) atoms. The molecular weight excluding hydrogens is 310 g/mol. The van der Waals surface area contributed by atoms with Crippen LogP contribution in [0.3, 0.4) is 0 Å². The first-order chi connectivity index (χ1) is 10.8. The van der Waals surface area contributed by atoms with Crippen molar-refractivity contribution in [3.8, 4) is 0 Å². The molecule has 0 aliphatic carbocycles. The van der Waals surface area contributed by atoms with Gasteiger partial charge in [0.25, 0.3) is 0 Å². The quantitative estimate of drug-likeness (QED) is 0.402. The first-order valence-corrected chi connectivity index (χ1v) is 7.18. The molecule has 9 heteroatoms. The summed E-state index contributed by atoms with van der Waals surface area (Å²) >= 11 is 0. The van der Waals surface area contributed by atoms with Crippen molar-refractivity contribution in [1.29, 1.82) is 0 Å². The molecule has 0 rings (SSSR count). The third-order valence-corrected chi connectivity index (χ3v) is 2.42. The molecular formula is C14H23NO8. The third-order valence-electron chi connectivity index (χ3n) is 2.42. The molecule has 0 radical (unpaired) electrons. The Balaban J connectivity index is 4.57. The zero-order valence-corrected chi connectivity index (χ0v) is 13.7. The van der Waals surface area contributed by atoms with Crippen molar-refractivity contribution >= 4 is 24.2 Å². The second-order valence-electron chi connectivity index (χ2n) is 4.91. The van der Waals surface area contributed by atoms with Gasteiger partial charge in [-0.2, -0.15) is 0 Å². The smallest absolute Gasteiger partial charge is 0.466 e. The van der Waals surface area contributed by atoms with E-state index in [1.165, 1.54) is 0 Å². The molecule has 0 saturated carbocycles. The Morgan fingerprint density at radius 3 is 2.26 bits per heavy atom. The molecule has 0 aliphatic rings. The minimum Gasteiger partial charge on any atom is -0.466 e. The number of carbonyl (C=O) groups is 4. The van der Waals surface area contributed by atoms with E-state index in [0.717, 1.165) is 7.11 Å². The van der Waals surface area contributed by atoms with Gasteiger partial charge in [0.1, 0.15) is 6.04 Å². The molecule has 0 aromatic heterocycles. The highest BCUT2D eigenvalue weighted by Crippen LogP contribution is 2.04. The maximum absolute atomic E-state index is 11.9. The number of nitrogens with one attached hydrogen (secondary N) is 1. The van der Waals surface area contributed by atoms with Gasteiger partial charge in [0, 0.05) is 6.42 Å². The van der Waals surface area contributed by atoms with Gasteiger partial charge in [-0.15, -0.1) is 0 Å². The van der Waals surface area contributed by atoms with Crippen molar-refractivity contribution in [3.63, 3.8) is 0 Å². The monoisotopic (exact) mass is 333 g/mol. The van der Waals surface area contributed by atoms with Crippen molar-refractivity contribution in [1.82, 2.24) is 5.32 Å². The number of hydrogen-bond acceptors (Lipinski definition) is 8. The third kappa shape index (κ3) is 10.1. The fraction of sp³-hybridized carbons (Fsp3) is 0.714. The molecule has 0 spiro atoms. The van der Waals surface area contributed by atoms with Crippen LogP contribution in [-0.4, -0.2) is 50.6 Å². The highest BCUT2D eigenvalue weighted by Gasteiger charge is 2.26. The summed E-state index contributed by atoms with van der Waals surface area (Å²) in [7, 11) is 1.11. The summed E-state index contributed by atoms with van der Waals surface area (Å²) in [5.41, 5.74) is 0. The number of methoxy groups -OCH3 is 1. The van der Waals surface area contributed by atoms with Crippen LogP contribution in [0.2, 0.25) is 0 Å². The number of esters is 2. The van der Waals surface area contributed by atoms with Crippen LogP contribution in [0.1, 0.15) is 33.6 Å². The first kappa shape index (κ1) is 20.7. The molecule has 0 unspecified atom stereocenters. The number of carbonyl (C=O) groups excluding carboxylic acids is 4. The van der Waals surface area contributed by atoms with E-state index < -0.39 is 30.2 Å². The molecule has 0 aromatic rings. The van der Waals surface area contributed by atoms with E-state index in [-0.39, 0.29) is 32.0 Å². The Morgan fingerprint density at radius 1 is 1.09 bits per heavy atom. The minimum absolute atomic E-state index is 0.0745. The molecule has 9 nitrogen and oxygen atoms in total. The van der Waals surface area contributed by atoms with Crippen molar-refractivity contribution in [2.45, 2.75) is 39.7 Å². The molecule has 1 amide bonds. The Hall–Kier alpha value is -2.32. The Labute approximate surface area is 134 Å². The zero-order chi connectivity index (χ0) is 17.8. The molecule has 1 N–H and O–H groups in total. The van der Waals surface area contributed by atoms with E-state index in [1.54, 1.807) is 6.92 Å². The van der Waals surface area contributed by atoms with Gasteiger partial charge in [-0.3, -0.25) is 4.79 Å². The van der Waals surface area contributed by atoms with E-state index in [9.17, 15) is 19.2 Å². The molecule has 0 fully saturated rings. The highest BCUT2D eigenvalue weighted by molar-refractivity contribution is 5.88. The Bertz CT molecular complexity index is 421. The fourth-order valence-electron chi connectivity index (χ4n) is 1.36. The van der Waals surface area contributed by atoms with Crippen LogP contribution in [0.4, 0.5) is 9.59 Å². The summed E-state index contributed by atoms with van der Waals surface area (Å²) in [5.74, 6) is -1.52. The van der Waals surface area contributed by atoms with Crippen molar-refractivity contribution in [2.24, 2.45) is 5.92 Å². The fourth-order valence-corrected chi connectivity index (χ4v) is 1.36. The lowest BCUT2D eigenvalue weighted by Gasteiger charge is -2.16. The van der Waals surface area contributed by atoms with Crippen LogP contribution >= 0.6 is 0 Å². The van der Waals surface area contributed by atoms with Crippen molar-refractivity contribution < 1.29 is 38.1 Å². The number of ether oxygens (including phenoxy) is 4. The lowest BCUT2D eigenvalue weighted by Crippen LogP contribution is -2.43. The Kier molecular flexibility index (Phi) is 10.1. The van der Waals surface area contributed by atoms with Crippen molar-refractivity contribution in [3.05, 3.63) is 0 Å². The van der Waals surface area contributed by atoms with Gasteiger partial charge in [0.15, 0.2) is 0 Å². The Morgan fingerprint density at radius 2 is 1.74 bits per heavy atom. The average Bonchev–Trinajstić information content (AvgIpc) is 2.49. The molecule has 0 saturated heterocycles. The lowest BCUT2D eigenvalue weighted by molar-refractivity contribution is -0.144. The largest absolute Gasteiger partial charge is 0.516 e. The van der Waals surface area contributed by atoms with Gasteiger partial charge in [0.2, 0.25) is 0 Å². The molecule has 132 valence electrons. The topological polar surface area (TPSA) is 117 Å². The second-order valence-corrected chi connectivity index (χ2v) is 4.91.